The van der Waals surface area contributed by atoms with E-state index in [4.69, 9.17) is 5.73 Å². The minimum Gasteiger partial charge on any atom is -0.364 e. The van der Waals surface area contributed by atoms with Gasteiger partial charge in [0.25, 0.3) is 5.91 Å². The van der Waals surface area contributed by atoms with Gasteiger partial charge in [-0.3, -0.25) is 9.59 Å². The zero-order chi connectivity index (χ0) is 25.2. The number of alkyl halides is 3. The highest BCUT2D eigenvalue weighted by Gasteiger charge is 2.31. The largest absolute Gasteiger partial charge is 0.416 e. The number of hydrogen-bond donors (Lipinski definition) is 3. The standard InChI is InChI=1S/C24H23F3N6O2/c1-14(29-13-34)30-21-11-20(22(28)35)31-23(32-21)33-9-8-19-16(12-33)5-3-7-18(19)15-4-2-6-17(10-15)24(25,26)27/h2-7,10-11,13-14H,8-9,12H2,1H3,(H2,28,35)(H,29,34)(H,30,31,32)/t14-/m0/s1. The van der Waals surface area contributed by atoms with Crippen LogP contribution >= 0.6 is 0 Å². The molecule has 0 bridgehead atoms. The fourth-order valence-electron chi connectivity index (χ4n) is 4.06. The number of anilines is 2. The number of nitrogens with two attached hydrogens (primary N) is 1. The van der Waals surface area contributed by atoms with E-state index >= 15 is 0 Å². The first-order valence-corrected chi connectivity index (χ1v) is 10.8. The number of amides is 2. The van der Waals surface area contributed by atoms with Crippen LogP contribution in [0.15, 0.2) is 48.5 Å². The molecule has 4 N–H and O–H groups in total. The summed E-state index contributed by atoms with van der Waals surface area (Å²) in [5, 5.41) is 5.50. The number of halogens is 3. The quantitative estimate of drug-likeness (QED) is 0.350. The van der Waals surface area contributed by atoms with Crippen molar-refractivity contribution >= 4 is 24.1 Å². The molecule has 2 heterocycles. The van der Waals surface area contributed by atoms with E-state index in [1.807, 2.05) is 17.0 Å². The molecule has 1 aliphatic rings. The third-order valence-electron chi connectivity index (χ3n) is 5.70. The van der Waals surface area contributed by atoms with Crippen molar-refractivity contribution in [3.8, 4) is 11.1 Å². The zero-order valence-corrected chi connectivity index (χ0v) is 18.8. The van der Waals surface area contributed by atoms with Crippen molar-refractivity contribution in [1.29, 1.82) is 0 Å². The van der Waals surface area contributed by atoms with Gasteiger partial charge in [0.1, 0.15) is 11.5 Å². The number of benzene rings is 2. The van der Waals surface area contributed by atoms with Gasteiger partial charge in [0, 0.05) is 19.2 Å². The van der Waals surface area contributed by atoms with Gasteiger partial charge in [-0.1, -0.05) is 30.3 Å². The second-order valence-electron chi connectivity index (χ2n) is 8.15. The molecular formula is C24H23F3N6O2. The van der Waals surface area contributed by atoms with Crippen molar-refractivity contribution in [2.75, 3.05) is 16.8 Å². The predicted molar refractivity (Wildman–Crippen MR) is 124 cm³/mol. The average Bonchev–Trinajstić information content (AvgIpc) is 2.82. The number of carbonyl (C=O) groups is 2. The fourth-order valence-corrected chi connectivity index (χ4v) is 4.06. The van der Waals surface area contributed by atoms with Crippen molar-refractivity contribution in [2.24, 2.45) is 5.73 Å². The Kier molecular flexibility index (Phi) is 6.59. The van der Waals surface area contributed by atoms with Gasteiger partial charge in [-0.15, -0.1) is 0 Å². The maximum Gasteiger partial charge on any atom is 0.416 e. The molecule has 0 saturated carbocycles. The van der Waals surface area contributed by atoms with Gasteiger partial charge in [0.05, 0.1) is 11.7 Å². The number of nitrogens with one attached hydrogen (secondary N) is 2. The summed E-state index contributed by atoms with van der Waals surface area (Å²) >= 11 is 0. The van der Waals surface area contributed by atoms with Crippen molar-refractivity contribution in [3.63, 3.8) is 0 Å². The van der Waals surface area contributed by atoms with Crippen LogP contribution in [0.5, 0.6) is 0 Å². The molecule has 1 aliphatic heterocycles. The van der Waals surface area contributed by atoms with E-state index in [0.29, 0.717) is 37.3 Å². The lowest BCUT2D eigenvalue weighted by Gasteiger charge is -2.31. The Labute approximate surface area is 199 Å². The van der Waals surface area contributed by atoms with Crippen LogP contribution in [0.2, 0.25) is 0 Å². The summed E-state index contributed by atoms with van der Waals surface area (Å²) < 4.78 is 39.7. The molecule has 1 aromatic heterocycles. The summed E-state index contributed by atoms with van der Waals surface area (Å²) in [4.78, 5) is 33.1. The molecule has 0 saturated heterocycles. The molecule has 0 radical (unpaired) electrons. The number of carbonyl (C=O) groups excluding carboxylic acids is 2. The molecule has 0 unspecified atom stereocenters. The first-order valence-electron chi connectivity index (χ1n) is 10.8. The number of nitrogens with zero attached hydrogens (tertiary/aromatic N) is 3. The molecular weight excluding hydrogens is 461 g/mol. The van der Waals surface area contributed by atoms with Crippen LogP contribution in [0, 0.1) is 0 Å². The highest BCUT2D eigenvalue weighted by Crippen LogP contribution is 2.35. The summed E-state index contributed by atoms with van der Waals surface area (Å²) in [6.45, 7) is 2.57. The van der Waals surface area contributed by atoms with Crippen LogP contribution < -0.4 is 21.3 Å². The van der Waals surface area contributed by atoms with E-state index in [0.717, 1.165) is 28.8 Å². The normalized spacial score (nSPS) is 14.1. The third kappa shape index (κ3) is 5.34. The number of rotatable bonds is 7. The van der Waals surface area contributed by atoms with Gasteiger partial charge in [0.2, 0.25) is 12.4 Å². The molecule has 0 fully saturated rings. The Bertz CT molecular complexity index is 1260. The molecule has 8 nitrogen and oxygen atoms in total. The van der Waals surface area contributed by atoms with E-state index in [9.17, 15) is 22.8 Å². The molecule has 1 atom stereocenters. The van der Waals surface area contributed by atoms with Crippen LogP contribution in [0.3, 0.4) is 0 Å². The lowest BCUT2D eigenvalue weighted by Crippen LogP contribution is -2.35. The van der Waals surface area contributed by atoms with Crippen molar-refractivity contribution in [1.82, 2.24) is 15.3 Å². The average molecular weight is 484 g/mol. The second kappa shape index (κ2) is 9.61. The monoisotopic (exact) mass is 484 g/mol. The summed E-state index contributed by atoms with van der Waals surface area (Å²) in [6, 6.07) is 12.2. The highest BCUT2D eigenvalue weighted by molar-refractivity contribution is 5.91. The lowest BCUT2D eigenvalue weighted by molar-refractivity contribution is -0.137. The van der Waals surface area contributed by atoms with E-state index < -0.39 is 23.8 Å². The van der Waals surface area contributed by atoms with Gasteiger partial charge >= 0.3 is 6.18 Å². The van der Waals surface area contributed by atoms with Gasteiger partial charge in [-0.25, -0.2) is 4.98 Å². The van der Waals surface area contributed by atoms with Crippen molar-refractivity contribution in [2.45, 2.75) is 32.2 Å². The third-order valence-corrected chi connectivity index (χ3v) is 5.70. The predicted octanol–water partition coefficient (Wildman–Crippen LogP) is 3.33. The molecule has 3 aromatic rings. The minimum absolute atomic E-state index is 0.0133. The van der Waals surface area contributed by atoms with E-state index in [1.165, 1.54) is 12.1 Å². The Morgan fingerprint density at radius 1 is 1.17 bits per heavy atom. The molecule has 2 amide bonds. The summed E-state index contributed by atoms with van der Waals surface area (Å²) in [6.07, 6.45) is -3.79. The highest BCUT2D eigenvalue weighted by atomic mass is 19.4. The smallest absolute Gasteiger partial charge is 0.364 e. The van der Waals surface area contributed by atoms with E-state index in [-0.39, 0.29) is 11.6 Å². The van der Waals surface area contributed by atoms with Gasteiger partial charge < -0.3 is 21.3 Å². The first-order chi connectivity index (χ1) is 16.7. The number of primary amides is 1. The zero-order valence-electron chi connectivity index (χ0n) is 18.8. The van der Waals surface area contributed by atoms with Gasteiger partial charge in [-0.05, 0) is 47.7 Å². The van der Waals surface area contributed by atoms with Crippen LogP contribution in [0.1, 0.15) is 34.1 Å². The maximum atomic E-state index is 13.2. The van der Waals surface area contributed by atoms with Crippen LogP contribution in [-0.2, 0) is 23.9 Å². The molecule has 11 heteroatoms. The Morgan fingerprint density at radius 3 is 2.66 bits per heavy atom. The van der Waals surface area contributed by atoms with Gasteiger partial charge in [-0.2, -0.15) is 18.2 Å². The molecule has 0 aliphatic carbocycles. The number of fused-ring (bicyclic) bond motifs is 1. The van der Waals surface area contributed by atoms with E-state index in [1.54, 1.807) is 19.1 Å². The molecule has 0 spiro atoms. The van der Waals surface area contributed by atoms with Crippen LogP contribution in [0.25, 0.3) is 11.1 Å². The Morgan fingerprint density at radius 2 is 1.94 bits per heavy atom. The SMILES string of the molecule is C[C@@H](NC=O)Nc1cc(C(N)=O)nc(N2CCc3c(cccc3-c3cccc(C(F)(F)F)c3)C2)n1. The van der Waals surface area contributed by atoms with Crippen LogP contribution in [-0.4, -0.2) is 35.0 Å². The van der Waals surface area contributed by atoms with E-state index in [2.05, 4.69) is 20.6 Å². The summed E-state index contributed by atoms with van der Waals surface area (Å²) in [5.41, 5.74) is 7.89. The molecule has 4 rings (SSSR count). The van der Waals surface area contributed by atoms with Gasteiger partial charge in [0.15, 0.2) is 0 Å². The topological polar surface area (TPSA) is 113 Å². The summed E-state index contributed by atoms with van der Waals surface area (Å²) in [7, 11) is 0. The molecule has 2 aromatic carbocycles. The minimum atomic E-state index is -4.42. The fraction of sp³-hybridized carbons (Fsp3) is 0.250. The van der Waals surface area contributed by atoms with Crippen LogP contribution in [0.4, 0.5) is 24.9 Å². The van der Waals surface area contributed by atoms with Crippen molar-refractivity contribution < 1.29 is 22.8 Å². The Hall–Kier alpha value is -4.15. The van der Waals surface area contributed by atoms with Crippen molar-refractivity contribution in [3.05, 3.63) is 70.9 Å². The first kappa shape index (κ1) is 24.0. The number of aromatic nitrogens is 2. The number of hydrogen-bond acceptors (Lipinski definition) is 6. The summed E-state index contributed by atoms with van der Waals surface area (Å²) in [5.74, 6) is -0.136. The second-order valence-corrected chi connectivity index (χ2v) is 8.15. The molecule has 35 heavy (non-hydrogen) atoms. The lowest BCUT2D eigenvalue weighted by atomic mass is 9.90. The maximum absolute atomic E-state index is 13.2. The Balaban J connectivity index is 1.65. The molecule has 182 valence electrons.